The Morgan fingerprint density at radius 1 is 1.30 bits per heavy atom. The maximum atomic E-state index is 11.4. The Morgan fingerprint density at radius 2 is 2.05 bits per heavy atom. The molecule has 1 heterocycles. The Morgan fingerprint density at radius 3 is 2.75 bits per heavy atom. The average molecular weight is 335 g/mol. The monoisotopic (exact) mass is 334 g/mol. The van der Waals surface area contributed by atoms with Gasteiger partial charge in [-0.15, -0.1) is 0 Å². The van der Waals surface area contributed by atoms with Crippen molar-refractivity contribution in [2.24, 2.45) is 0 Å². The van der Waals surface area contributed by atoms with Gasteiger partial charge in [0, 0.05) is 15.7 Å². The zero-order valence-electron chi connectivity index (χ0n) is 11.2. The topological polar surface area (TPSA) is 55.1 Å². The predicted octanol–water partition coefficient (Wildman–Crippen LogP) is 3.52. The molecule has 1 aliphatic rings. The second kappa shape index (κ2) is 5.05. The molecule has 5 heteroatoms. The van der Waals surface area contributed by atoms with Crippen molar-refractivity contribution >= 4 is 21.9 Å². The minimum atomic E-state index is -0.936. The lowest BCUT2D eigenvalue weighted by Gasteiger charge is -2.14. The lowest BCUT2D eigenvalue weighted by molar-refractivity contribution is 0.0688. The number of aromatic nitrogens is 2. The van der Waals surface area contributed by atoms with E-state index in [-0.39, 0.29) is 5.69 Å². The first-order chi connectivity index (χ1) is 9.56. The van der Waals surface area contributed by atoms with Crippen LogP contribution in [-0.4, -0.2) is 20.9 Å². The SMILES string of the molecule is Cc1cc(Br)cc(-n2nc(C(=O)O)c3c2CCCC3)c1. The van der Waals surface area contributed by atoms with Gasteiger partial charge in [0.1, 0.15) is 0 Å². The normalized spacial score (nSPS) is 14.1. The quantitative estimate of drug-likeness (QED) is 0.914. The third-order valence-electron chi connectivity index (χ3n) is 3.65. The Kier molecular flexibility index (Phi) is 3.38. The first-order valence-corrected chi connectivity index (χ1v) is 7.47. The predicted molar refractivity (Wildman–Crippen MR) is 79.6 cm³/mol. The van der Waals surface area contributed by atoms with Crippen LogP contribution < -0.4 is 0 Å². The van der Waals surface area contributed by atoms with Crippen LogP contribution in [0.4, 0.5) is 0 Å². The minimum absolute atomic E-state index is 0.206. The van der Waals surface area contributed by atoms with Crippen LogP contribution in [-0.2, 0) is 12.8 Å². The van der Waals surface area contributed by atoms with Gasteiger partial charge in [0.05, 0.1) is 5.69 Å². The molecule has 0 unspecified atom stereocenters. The molecule has 0 atom stereocenters. The number of fused-ring (bicyclic) bond motifs is 1. The summed E-state index contributed by atoms with van der Waals surface area (Å²) in [5, 5.41) is 13.7. The molecule has 0 amide bonds. The van der Waals surface area contributed by atoms with Gasteiger partial charge < -0.3 is 5.11 Å². The fraction of sp³-hybridized carbons (Fsp3) is 0.333. The summed E-state index contributed by atoms with van der Waals surface area (Å²) in [4.78, 5) is 11.4. The van der Waals surface area contributed by atoms with E-state index in [2.05, 4.69) is 21.0 Å². The molecule has 0 spiro atoms. The van der Waals surface area contributed by atoms with Crippen molar-refractivity contribution in [2.45, 2.75) is 32.6 Å². The van der Waals surface area contributed by atoms with Crippen molar-refractivity contribution in [1.82, 2.24) is 9.78 Å². The van der Waals surface area contributed by atoms with E-state index < -0.39 is 5.97 Å². The Balaban J connectivity index is 2.20. The molecule has 1 aromatic heterocycles. The molecule has 0 bridgehead atoms. The van der Waals surface area contributed by atoms with Crippen molar-refractivity contribution in [1.29, 1.82) is 0 Å². The summed E-state index contributed by atoms with van der Waals surface area (Å²) in [6.07, 6.45) is 3.83. The molecule has 1 N–H and O–H groups in total. The highest BCUT2D eigenvalue weighted by Gasteiger charge is 2.25. The average Bonchev–Trinajstić information content (AvgIpc) is 2.77. The number of carboxylic acids is 1. The fourth-order valence-corrected chi connectivity index (χ4v) is 3.42. The standard InChI is InChI=1S/C15H15BrN2O2/c1-9-6-10(16)8-11(7-9)18-13-5-3-2-4-12(13)14(17-18)15(19)20/h6-8H,2-5H2,1H3,(H,19,20). The lowest BCUT2D eigenvalue weighted by atomic mass is 9.95. The number of halogens is 1. The van der Waals surface area contributed by atoms with E-state index in [1.165, 1.54) is 0 Å². The van der Waals surface area contributed by atoms with Crippen molar-refractivity contribution in [3.63, 3.8) is 0 Å². The number of rotatable bonds is 2. The summed E-state index contributed by atoms with van der Waals surface area (Å²) in [6.45, 7) is 2.02. The number of nitrogens with zero attached hydrogens (tertiary/aromatic N) is 2. The number of aromatic carboxylic acids is 1. The molecule has 20 heavy (non-hydrogen) atoms. The number of carbonyl (C=O) groups is 1. The first kappa shape index (κ1) is 13.4. The molecule has 1 aromatic carbocycles. The smallest absolute Gasteiger partial charge is 0.356 e. The molecule has 0 radical (unpaired) electrons. The highest BCUT2D eigenvalue weighted by molar-refractivity contribution is 9.10. The second-order valence-corrected chi connectivity index (χ2v) is 6.10. The molecule has 3 rings (SSSR count). The zero-order valence-corrected chi connectivity index (χ0v) is 12.8. The molecule has 104 valence electrons. The van der Waals surface area contributed by atoms with Crippen molar-refractivity contribution in [3.8, 4) is 5.69 Å². The molecule has 4 nitrogen and oxygen atoms in total. The van der Waals surface area contributed by atoms with Gasteiger partial charge in [-0.05, 0) is 56.4 Å². The summed E-state index contributed by atoms with van der Waals surface area (Å²) in [6, 6.07) is 6.02. The number of hydrogen-bond donors (Lipinski definition) is 1. The molecule has 0 saturated heterocycles. The molecule has 0 saturated carbocycles. The van der Waals surface area contributed by atoms with Crippen molar-refractivity contribution in [2.75, 3.05) is 0 Å². The highest BCUT2D eigenvalue weighted by atomic mass is 79.9. The van der Waals surface area contributed by atoms with Gasteiger partial charge in [-0.25, -0.2) is 9.48 Å². The van der Waals surface area contributed by atoms with Crippen LogP contribution in [0, 0.1) is 6.92 Å². The van der Waals surface area contributed by atoms with Crippen LogP contribution in [0.2, 0.25) is 0 Å². The Bertz CT molecular complexity index is 671. The molecule has 0 fully saturated rings. The zero-order chi connectivity index (χ0) is 14.3. The van der Waals surface area contributed by atoms with Crippen molar-refractivity contribution < 1.29 is 9.90 Å². The number of aryl methyl sites for hydroxylation is 1. The van der Waals surface area contributed by atoms with Gasteiger partial charge in [-0.2, -0.15) is 5.10 Å². The number of hydrogen-bond acceptors (Lipinski definition) is 2. The second-order valence-electron chi connectivity index (χ2n) is 5.18. The Hall–Kier alpha value is -1.62. The van der Waals surface area contributed by atoms with Crippen LogP contribution in [0.5, 0.6) is 0 Å². The van der Waals surface area contributed by atoms with E-state index in [1.54, 1.807) is 4.68 Å². The molecular weight excluding hydrogens is 320 g/mol. The first-order valence-electron chi connectivity index (χ1n) is 6.68. The van der Waals surface area contributed by atoms with Crippen molar-refractivity contribution in [3.05, 3.63) is 45.2 Å². The van der Waals surface area contributed by atoms with E-state index in [4.69, 9.17) is 0 Å². The van der Waals surface area contributed by atoms with Crippen LogP contribution in [0.25, 0.3) is 5.69 Å². The maximum Gasteiger partial charge on any atom is 0.356 e. The van der Waals surface area contributed by atoms with Gasteiger partial charge in [0.25, 0.3) is 0 Å². The minimum Gasteiger partial charge on any atom is -0.476 e. The maximum absolute atomic E-state index is 11.4. The fourth-order valence-electron chi connectivity index (χ4n) is 2.82. The highest BCUT2D eigenvalue weighted by Crippen LogP contribution is 2.28. The summed E-state index contributed by atoms with van der Waals surface area (Å²) in [7, 11) is 0. The molecule has 0 aliphatic heterocycles. The van der Waals surface area contributed by atoms with Gasteiger partial charge >= 0.3 is 5.97 Å². The summed E-state index contributed by atoms with van der Waals surface area (Å²) < 4.78 is 2.78. The van der Waals surface area contributed by atoms with E-state index in [9.17, 15) is 9.90 Å². The van der Waals surface area contributed by atoms with E-state index >= 15 is 0 Å². The van der Waals surface area contributed by atoms with Gasteiger partial charge in [-0.1, -0.05) is 15.9 Å². The summed E-state index contributed by atoms with van der Waals surface area (Å²) >= 11 is 3.48. The molecule has 1 aliphatic carbocycles. The largest absolute Gasteiger partial charge is 0.476 e. The van der Waals surface area contributed by atoms with Crippen LogP contribution in [0.15, 0.2) is 22.7 Å². The van der Waals surface area contributed by atoms with Crippen LogP contribution >= 0.6 is 15.9 Å². The van der Waals surface area contributed by atoms with E-state index in [0.29, 0.717) is 0 Å². The summed E-state index contributed by atoms with van der Waals surface area (Å²) in [5.74, 6) is -0.936. The molecular formula is C15H15BrN2O2. The van der Waals surface area contributed by atoms with Crippen LogP contribution in [0.3, 0.4) is 0 Å². The van der Waals surface area contributed by atoms with E-state index in [0.717, 1.165) is 52.7 Å². The molecule has 2 aromatic rings. The van der Waals surface area contributed by atoms with Gasteiger partial charge in [0.2, 0.25) is 0 Å². The van der Waals surface area contributed by atoms with Gasteiger partial charge in [0.15, 0.2) is 5.69 Å². The third kappa shape index (κ3) is 2.26. The number of carboxylic acid groups (broad SMARTS) is 1. The van der Waals surface area contributed by atoms with Gasteiger partial charge in [-0.3, -0.25) is 0 Å². The lowest BCUT2D eigenvalue weighted by Crippen LogP contribution is -2.08. The third-order valence-corrected chi connectivity index (χ3v) is 4.11. The van der Waals surface area contributed by atoms with Crippen LogP contribution in [0.1, 0.15) is 40.2 Å². The van der Waals surface area contributed by atoms with E-state index in [1.807, 2.05) is 25.1 Å². The number of benzene rings is 1. The summed E-state index contributed by atoms with van der Waals surface area (Å²) in [5.41, 5.74) is 4.19. The Labute approximate surface area is 125 Å².